The molecule has 0 amide bonds. The van der Waals surface area contributed by atoms with Crippen LogP contribution in [-0.2, 0) is 0 Å². The highest BCUT2D eigenvalue weighted by molar-refractivity contribution is 6.42. The molecule has 2 nitrogen and oxygen atoms in total. The van der Waals surface area contributed by atoms with E-state index < -0.39 is 6.04 Å². The van der Waals surface area contributed by atoms with E-state index in [0.29, 0.717) is 20.8 Å². The highest BCUT2D eigenvalue weighted by atomic mass is 35.5. The summed E-state index contributed by atoms with van der Waals surface area (Å²) in [6.45, 7) is 1.95. The first-order chi connectivity index (χ1) is 9.99. The molecule has 2 N–H and O–H groups in total. The van der Waals surface area contributed by atoms with Crippen LogP contribution < -0.4 is 5.73 Å². The van der Waals surface area contributed by atoms with E-state index in [1.165, 1.54) is 0 Å². The van der Waals surface area contributed by atoms with Crippen LogP contribution in [0, 0.1) is 6.92 Å². The topological polar surface area (TPSA) is 39.2 Å². The lowest BCUT2D eigenvalue weighted by molar-refractivity contribution is 0.521. The number of hydrogen-bond donors (Lipinski definition) is 1. The molecule has 0 aliphatic carbocycles. The number of nitrogens with two attached hydrogens (primary N) is 1. The second-order valence-electron chi connectivity index (χ2n) is 4.85. The van der Waals surface area contributed by atoms with Gasteiger partial charge in [-0.2, -0.15) is 0 Å². The fourth-order valence-corrected chi connectivity index (χ4v) is 3.01. The smallest absolute Gasteiger partial charge is 0.134 e. The van der Waals surface area contributed by atoms with Gasteiger partial charge >= 0.3 is 0 Å². The Morgan fingerprint density at radius 2 is 1.86 bits per heavy atom. The molecule has 1 aromatic heterocycles. The first kappa shape index (κ1) is 14.7. The Bertz CT molecular complexity index is 826. The maximum atomic E-state index is 6.32. The molecule has 1 unspecified atom stereocenters. The van der Waals surface area contributed by atoms with Gasteiger partial charge in [0.05, 0.1) is 16.1 Å². The number of halogens is 3. The summed E-state index contributed by atoms with van der Waals surface area (Å²) in [6, 6.07) is 10.4. The van der Waals surface area contributed by atoms with E-state index in [2.05, 4.69) is 0 Å². The fraction of sp³-hybridized carbons (Fsp3) is 0.125. The number of hydrogen-bond acceptors (Lipinski definition) is 2. The quantitative estimate of drug-likeness (QED) is 0.645. The summed E-state index contributed by atoms with van der Waals surface area (Å²) >= 11 is 18.3. The molecule has 0 aliphatic heterocycles. The third-order valence-corrected chi connectivity index (χ3v) is 4.60. The van der Waals surface area contributed by atoms with Crippen molar-refractivity contribution in [3.63, 3.8) is 0 Å². The van der Waals surface area contributed by atoms with Gasteiger partial charge in [0, 0.05) is 16.0 Å². The van der Waals surface area contributed by atoms with E-state index in [0.717, 1.165) is 22.1 Å². The van der Waals surface area contributed by atoms with Crippen LogP contribution in [0.25, 0.3) is 11.0 Å². The Balaban J connectivity index is 2.15. The van der Waals surface area contributed by atoms with Gasteiger partial charge in [-0.15, -0.1) is 0 Å². The van der Waals surface area contributed by atoms with E-state index in [4.69, 9.17) is 45.0 Å². The van der Waals surface area contributed by atoms with Crippen LogP contribution in [0.2, 0.25) is 15.1 Å². The molecule has 1 atom stereocenters. The molecule has 0 spiro atoms. The predicted octanol–water partition coefficient (Wildman–Crippen LogP) is 5.75. The number of benzene rings is 2. The predicted molar refractivity (Wildman–Crippen MR) is 88.5 cm³/mol. The third kappa shape index (κ3) is 2.53. The molecule has 0 aliphatic rings. The molecular weight excluding hydrogens is 329 g/mol. The van der Waals surface area contributed by atoms with Gasteiger partial charge < -0.3 is 10.2 Å². The summed E-state index contributed by atoms with van der Waals surface area (Å²) in [5, 5.41) is 2.53. The van der Waals surface area contributed by atoms with Gasteiger partial charge in [0.15, 0.2) is 0 Å². The van der Waals surface area contributed by atoms with E-state index in [1.54, 1.807) is 12.1 Å². The summed E-state index contributed by atoms with van der Waals surface area (Å²) < 4.78 is 5.88. The first-order valence-electron chi connectivity index (χ1n) is 6.37. The number of fused-ring (bicyclic) bond motifs is 1. The van der Waals surface area contributed by atoms with Gasteiger partial charge in [0.25, 0.3) is 0 Å². The minimum Gasteiger partial charge on any atom is -0.459 e. The maximum absolute atomic E-state index is 6.32. The lowest BCUT2D eigenvalue weighted by Crippen LogP contribution is -2.12. The van der Waals surface area contributed by atoms with Crippen LogP contribution in [0.1, 0.15) is 22.9 Å². The van der Waals surface area contributed by atoms with E-state index >= 15 is 0 Å². The van der Waals surface area contributed by atoms with Gasteiger partial charge in [0.1, 0.15) is 11.3 Å². The molecule has 0 radical (unpaired) electrons. The molecule has 5 heteroatoms. The molecule has 0 saturated heterocycles. The summed E-state index contributed by atoms with van der Waals surface area (Å²) in [5.41, 5.74) is 8.76. The number of aryl methyl sites for hydroxylation is 1. The van der Waals surface area contributed by atoms with Crippen LogP contribution in [-0.4, -0.2) is 0 Å². The molecule has 0 fully saturated rings. The van der Waals surface area contributed by atoms with Gasteiger partial charge in [-0.3, -0.25) is 0 Å². The van der Waals surface area contributed by atoms with Crippen molar-refractivity contribution in [1.82, 2.24) is 0 Å². The highest BCUT2D eigenvalue weighted by Gasteiger charge is 2.21. The Hall–Kier alpha value is -1.19. The van der Waals surface area contributed by atoms with Crippen LogP contribution in [0.5, 0.6) is 0 Å². The van der Waals surface area contributed by atoms with E-state index in [9.17, 15) is 0 Å². The maximum Gasteiger partial charge on any atom is 0.134 e. The van der Waals surface area contributed by atoms with Crippen molar-refractivity contribution in [1.29, 1.82) is 0 Å². The van der Waals surface area contributed by atoms with Crippen molar-refractivity contribution < 1.29 is 4.42 Å². The second-order valence-corrected chi connectivity index (χ2v) is 6.07. The van der Waals surface area contributed by atoms with Crippen LogP contribution >= 0.6 is 34.8 Å². The average molecular weight is 341 g/mol. The Labute approximate surface area is 137 Å². The summed E-state index contributed by atoms with van der Waals surface area (Å²) in [5.74, 6) is 0.663. The number of furan rings is 1. The van der Waals surface area contributed by atoms with Crippen molar-refractivity contribution >= 4 is 45.8 Å². The van der Waals surface area contributed by atoms with Crippen molar-refractivity contribution in [3.8, 4) is 0 Å². The second kappa shape index (κ2) is 5.54. The molecule has 21 heavy (non-hydrogen) atoms. The van der Waals surface area contributed by atoms with Gasteiger partial charge in [-0.05, 0) is 36.8 Å². The molecular formula is C16H12Cl3NO. The van der Waals surface area contributed by atoms with Crippen molar-refractivity contribution in [2.24, 2.45) is 5.73 Å². The fourth-order valence-electron chi connectivity index (χ4n) is 2.41. The van der Waals surface area contributed by atoms with Gasteiger partial charge in [0.2, 0.25) is 0 Å². The lowest BCUT2D eigenvalue weighted by atomic mass is 10.0. The standard InChI is InChI=1S/C16H12Cl3NO/c1-8-11-7-9(17)5-6-13(11)21-16(8)15(20)10-3-2-4-12(18)14(10)19/h2-7,15H,20H2,1H3. The Kier molecular flexibility index (Phi) is 3.89. The summed E-state index contributed by atoms with van der Waals surface area (Å²) in [7, 11) is 0. The largest absolute Gasteiger partial charge is 0.459 e. The average Bonchev–Trinajstić information content (AvgIpc) is 2.78. The molecule has 0 saturated carbocycles. The van der Waals surface area contributed by atoms with Crippen LogP contribution in [0.4, 0.5) is 0 Å². The zero-order valence-electron chi connectivity index (χ0n) is 11.2. The van der Waals surface area contributed by atoms with E-state index in [-0.39, 0.29) is 0 Å². The Morgan fingerprint density at radius 3 is 2.62 bits per heavy atom. The van der Waals surface area contributed by atoms with Crippen molar-refractivity contribution in [3.05, 3.63) is 68.4 Å². The third-order valence-electron chi connectivity index (χ3n) is 3.53. The first-order valence-corrected chi connectivity index (χ1v) is 7.50. The molecule has 3 aromatic rings. The van der Waals surface area contributed by atoms with Crippen LogP contribution in [0.15, 0.2) is 40.8 Å². The highest BCUT2D eigenvalue weighted by Crippen LogP contribution is 2.36. The van der Waals surface area contributed by atoms with Crippen molar-refractivity contribution in [2.75, 3.05) is 0 Å². The molecule has 3 rings (SSSR count). The normalized spacial score (nSPS) is 12.8. The lowest BCUT2D eigenvalue weighted by Gasteiger charge is -2.13. The Morgan fingerprint density at radius 1 is 1.10 bits per heavy atom. The van der Waals surface area contributed by atoms with Gasteiger partial charge in [-0.1, -0.05) is 46.9 Å². The van der Waals surface area contributed by atoms with Gasteiger partial charge in [-0.25, -0.2) is 0 Å². The monoisotopic (exact) mass is 339 g/mol. The molecule has 0 bridgehead atoms. The SMILES string of the molecule is Cc1c(C(N)c2cccc(Cl)c2Cl)oc2ccc(Cl)cc12. The summed E-state index contributed by atoms with van der Waals surface area (Å²) in [6.07, 6.45) is 0. The van der Waals surface area contributed by atoms with E-state index in [1.807, 2.05) is 31.2 Å². The zero-order chi connectivity index (χ0) is 15.1. The summed E-state index contributed by atoms with van der Waals surface area (Å²) in [4.78, 5) is 0. The van der Waals surface area contributed by atoms with Crippen molar-refractivity contribution in [2.45, 2.75) is 13.0 Å². The minimum absolute atomic E-state index is 0.449. The number of rotatable bonds is 2. The molecule has 108 valence electrons. The molecule has 2 aromatic carbocycles. The molecule has 1 heterocycles. The zero-order valence-corrected chi connectivity index (χ0v) is 13.4. The minimum atomic E-state index is -0.484. The van der Waals surface area contributed by atoms with Crippen LogP contribution in [0.3, 0.4) is 0 Å².